The maximum absolute atomic E-state index is 12.0. The Labute approximate surface area is 132 Å². The summed E-state index contributed by atoms with van der Waals surface area (Å²) in [5, 5.41) is 5.10. The molecule has 1 aromatic rings. The van der Waals surface area contributed by atoms with Crippen molar-refractivity contribution < 1.29 is 9.59 Å². The monoisotopic (exact) mass is 303 g/mol. The Bertz CT molecular complexity index is 486. The Kier molecular flexibility index (Phi) is 6.40. The summed E-state index contributed by atoms with van der Waals surface area (Å²) in [6.07, 6.45) is 4.19. The van der Waals surface area contributed by atoms with E-state index in [-0.39, 0.29) is 12.5 Å². The zero-order chi connectivity index (χ0) is 15.8. The first kappa shape index (κ1) is 16.5. The molecule has 5 nitrogen and oxygen atoms in total. The Morgan fingerprint density at radius 2 is 1.95 bits per heavy atom. The third-order valence-corrected chi connectivity index (χ3v) is 3.71. The SMILES string of the molecule is CCCCNC(=O)NC(=O)CN(Cc1ccccc1)C1CC1. The van der Waals surface area contributed by atoms with Crippen LogP contribution in [0.4, 0.5) is 4.79 Å². The fourth-order valence-corrected chi connectivity index (χ4v) is 2.35. The van der Waals surface area contributed by atoms with Crippen molar-refractivity contribution in [3.63, 3.8) is 0 Å². The summed E-state index contributed by atoms with van der Waals surface area (Å²) in [4.78, 5) is 25.7. The molecule has 1 fully saturated rings. The molecule has 2 N–H and O–H groups in total. The van der Waals surface area contributed by atoms with Crippen LogP contribution < -0.4 is 10.6 Å². The van der Waals surface area contributed by atoms with E-state index >= 15 is 0 Å². The van der Waals surface area contributed by atoms with Crippen molar-refractivity contribution in [1.29, 1.82) is 0 Å². The van der Waals surface area contributed by atoms with Crippen molar-refractivity contribution in [2.24, 2.45) is 0 Å². The van der Waals surface area contributed by atoms with Crippen LogP contribution in [0.5, 0.6) is 0 Å². The van der Waals surface area contributed by atoms with Crippen molar-refractivity contribution in [1.82, 2.24) is 15.5 Å². The third kappa shape index (κ3) is 5.85. The number of nitrogens with zero attached hydrogens (tertiary/aromatic N) is 1. The number of urea groups is 1. The van der Waals surface area contributed by atoms with Gasteiger partial charge in [-0.15, -0.1) is 0 Å². The van der Waals surface area contributed by atoms with Crippen molar-refractivity contribution in [2.75, 3.05) is 13.1 Å². The number of amides is 3. The average molecular weight is 303 g/mol. The van der Waals surface area contributed by atoms with Gasteiger partial charge in [0.25, 0.3) is 0 Å². The van der Waals surface area contributed by atoms with Crippen LogP contribution in [-0.2, 0) is 11.3 Å². The van der Waals surface area contributed by atoms with Crippen molar-refractivity contribution in [3.05, 3.63) is 35.9 Å². The van der Waals surface area contributed by atoms with Gasteiger partial charge in [-0.25, -0.2) is 4.79 Å². The fourth-order valence-electron chi connectivity index (χ4n) is 2.35. The Morgan fingerprint density at radius 3 is 2.59 bits per heavy atom. The standard InChI is InChI=1S/C17H25N3O2/c1-2-3-11-18-17(22)19-16(21)13-20(15-9-10-15)12-14-7-5-4-6-8-14/h4-8,15H,2-3,9-13H2,1H3,(H2,18,19,21,22). The highest BCUT2D eigenvalue weighted by molar-refractivity contribution is 5.95. The van der Waals surface area contributed by atoms with Crippen LogP contribution in [0.15, 0.2) is 30.3 Å². The van der Waals surface area contributed by atoms with Crippen molar-refractivity contribution in [2.45, 2.75) is 45.2 Å². The number of unbranched alkanes of at least 4 members (excludes halogenated alkanes) is 1. The smallest absolute Gasteiger partial charge is 0.321 e. The molecule has 0 saturated heterocycles. The summed E-state index contributed by atoms with van der Waals surface area (Å²) < 4.78 is 0. The predicted octanol–water partition coefficient (Wildman–Crippen LogP) is 2.28. The molecule has 0 atom stereocenters. The minimum atomic E-state index is -0.395. The van der Waals surface area contributed by atoms with Gasteiger partial charge in [0, 0.05) is 19.1 Å². The van der Waals surface area contributed by atoms with Gasteiger partial charge in [0.2, 0.25) is 5.91 Å². The maximum atomic E-state index is 12.0. The first-order valence-electron chi connectivity index (χ1n) is 8.04. The summed E-state index contributed by atoms with van der Waals surface area (Å²) in [6, 6.07) is 10.2. The molecule has 3 amide bonds. The Hall–Kier alpha value is -1.88. The molecule has 0 bridgehead atoms. The molecule has 0 heterocycles. The molecule has 5 heteroatoms. The van der Waals surface area contributed by atoms with Crippen molar-refractivity contribution >= 4 is 11.9 Å². The van der Waals surface area contributed by atoms with Crippen LogP contribution in [0.2, 0.25) is 0 Å². The molecule has 1 aromatic carbocycles. The molecule has 0 radical (unpaired) electrons. The van der Waals surface area contributed by atoms with Gasteiger partial charge >= 0.3 is 6.03 Å². The molecule has 120 valence electrons. The van der Waals surface area contributed by atoms with E-state index in [0.29, 0.717) is 12.6 Å². The van der Waals surface area contributed by atoms with Gasteiger partial charge in [-0.05, 0) is 24.8 Å². The van der Waals surface area contributed by atoms with Gasteiger partial charge in [0.15, 0.2) is 0 Å². The van der Waals surface area contributed by atoms with Crippen molar-refractivity contribution in [3.8, 4) is 0 Å². The highest BCUT2D eigenvalue weighted by Gasteiger charge is 2.30. The Morgan fingerprint density at radius 1 is 1.23 bits per heavy atom. The number of carbonyl (C=O) groups excluding carboxylic acids is 2. The van der Waals surface area contributed by atoms with E-state index in [1.165, 1.54) is 5.56 Å². The first-order valence-corrected chi connectivity index (χ1v) is 8.04. The summed E-state index contributed by atoms with van der Waals surface area (Å²) in [5.41, 5.74) is 1.19. The number of nitrogens with one attached hydrogen (secondary N) is 2. The number of hydrogen-bond acceptors (Lipinski definition) is 3. The van der Waals surface area contributed by atoms with Gasteiger partial charge in [0.05, 0.1) is 6.54 Å². The number of carbonyl (C=O) groups is 2. The lowest BCUT2D eigenvalue weighted by Gasteiger charge is -2.21. The molecular weight excluding hydrogens is 278 g/mol. The summed E-state index contributed by atoms with van der Waals surface area (Å²) in [5.74, 6) is -0.239. The molecule has 1 saturated carbocycles. The third-order valence-electron chi connectivity index (χ3n) is 3.71. The normalized spacial score (nSPS) is 13.9. The quantitative estimate of drug-likeness (QED) is 0.724. The minimum Gasteiger partial charge on any atom is -0.338 e. The highest BCUT2D eigenvalue weighted by atomic mass is 16.2. The molecule has 1 aliphatic carbocycles. The van der Waals surface area contributed by atoms with Gasteiger partial charge in [-0.2, -0.15) is 0 Å². The average Bonchev–Trinajstić information content (AvgIpc) is 3.32. The van der Waals surface area contributed by atoms with Gasteiger partial charge in [-0.1, -0.05) is 43.7 Å². The second kappa shape index (κ2) is 8.54. The van der Waals surface area contributed by atoms with Crippen LogP contribution >= 0.6 is 0 Å². The van der Waals surface area contributed by atoms with E-state index in [9.17, 15) is 9.59 Å². The van der Waals surface area contributed by atoms with E-state index in [4.69, 9.17) is 0 Å². The van der Waals surface area contributed by atoms with E-state index < -0.39 is 6.03 Å². The lowest BCUT2D eigenvalue weighted by Crippen LogP contribution is -2.45. The van der Waals surface area contributed by atoms with Gasteiger partial charge in [-0.3, -0.25) is 15.0 Å². The lowest BCUT2D eigenvalue weighted by atomic mass is 10.2. The molecule has 1 aliphatic rings. The number of rotatable bonds is 8. The second-order valence-electron chi connectivity index (χ2n) is 5.78. The van der Waals surface area contributed by atoms with E-state index in [1.54, 1.807) is 0 Å². The van der Waals surface area contributed by atoms with Crippen LogP contribution in [0.1, 0.15) is 38.2 Å². The molecule has 2 rings (SSSR count). The minimum absolute atomic E-state index is 0.239. The Balaban J connectivity index is 1.78. The molecular formula is C17H25N3O2. The van der Waals surface area contributed by atoms with Crippen LogP contribution in [0.25, 0.3) is 0 Å². The van der Waals surface area contributed by atoms with Gasteiger partial charge < -0.3 is 5.32 Å². The predicted molar refractivity (Wildman–Crippen MR) is 86.3 cm³/mol. The zero-order valence-electron chi connectivity index (χ0n) is 13.2. The van der Waals surface area contributed by atoms with Crippen LogP contribution in [0.3, 0.4) is 0 Å². The molecule has 0 unspecified atom stereocenters. The molecule has 0 spiro atoms. The van der Waals surface area contributed by atoms with Gasteiger partial charge in [0.1, 0.15) is 0 Å². The topological polar surface area (TPSA) is 61.4 Å². The summed E-state index contributed by atoms with van der Waals surface area (Å²) >= 11 is 0. The maximum Gasteiger partial charge on any atom is 0.321 e. The number of benzene rings is 1. The van der Waals surface area contributed by atoms with Crippen LogP contribution in [-0.4, -0.2) is 36.0 Å². The molecule has 0 aromatic heterocycles. The van der Waals surface area contributed by atoms with Crippen LogP contribution in [0, 0.1) is 0 Å². The van der Waals surface area contributed by atoms with E-state index in [0.717, 1.165) is 32.2 Å². The van der Waals surface area contributed by atoms with E-state index in [2.05, 4.69) is 34.6 Å². The number of hydrogen-bond donors (Lipinski definition) is 2. The highest BCUT2D eigenvalue weighted by Crippen LogP contribution is 2.27. The zero-order valence-corrected chi connectivity index (χ0v) is 13.2. The summed E-state index contributed by atoms with van der Waals surface area (Å²) in [6.45, 7) is 3.67. The molecule has 0 aliphatic heterocycles. The van der Waals surface area contributed by atoms with E-state index in [1.807, 2.05) is 18.2 Å². The molecule has 22 heavy (non-hydrogen) atoms. The first-order chi connectivity index (χ1) is 10.7. The lowest BCUT2D eigenvalue weighted by molar-refractivity contribution is -0.121. The summed E-state index contributed by atoms with van der Waals surface area (Å²) in [7, 11) is 0. The fraction of sp³-hybridized carbons (Fsp3) is 0.529. The largest absolute Gasteiger partial charge is 0.338 e. The second-order valence-corrected chi connectivity index (χ2v) is 5.78. The number of imide groups is 1.